The summed E-state index contributed by atoms with van der Waals surface area (Å²) in [6, 6.07) is 6.18. The molecule has 0 amide bonds. The molecule has 164 valence electrons. The van der Waals surface area contributed by atoms with Crippen LogP contribution in [0.5, 0.6) is 0 Å². The molecule has 0 spiro atoms. The molecule has 31 heavy (non-hydrogen) atoms. The van der Waals surface area contributed by atoms with Gasteiger partial charge in [0.25, 0.3) is 0 Å². The minimum absolute atomic E-state index is 0.202. The Kier molecular flexibility index (Phi) is 4.97. The summed E-state index contributed by atoms with van der Waals surface area (Å²) in [5, 5.41) is 0.973. The molecule has 1 aliphatic carbocycles. The molecule has 5 rings (SSSR count). The van der Waals surface area contributed by atoms with E-state index in [1.807, 2.05) is 24.4 Å². The Morgan fingerprint density at radius 1 is 1.32 bits per heavy atom. The molecule has 3 aromatic rings. The van der Waals surface area contributed by atoms with Crippen LogP contribution in [0.2, 0.25) is 0 Å². The molecular weight excluding hydrogens is 412 g/mol. The van der Waals surface area contributed by atoms with Gasteiger partial charge in [-0.15, -0.1) is 0 Å². The van der Waals surface area contributed by atoms with E-state index in [9.17, 15) is 4.21 Å². The summed E-state index contributed by atoms with van der Waals surface area (Å²) in [5.74, 6) is 1.49. The van der Waals surface area contributed by atoms with Gasteiger partial charge in [-0.05, 0) is 38.3 Å². The van der Waals surface area contributed by atoms with E-state index in [0.717, 1.165) is 53.9 Å². The zero-order valence-corrected chi connectivity index (χ0v) is 19.0. The molecular formula is C22H28N6O2S. The third-order valence-electron chi connectivity index (χ3n) is 6.78. The standard InChI is InChI=1S/C22H28N6O2S/c1-15-14-30-12-11-28(15)19-13-18(22(7-4-8-22)31(3,29)23-2)26-21(27-19)17-6-10-25-20-16(17)5-9-24-20/h5-6,9-10,13,15H,4,7-8,11-12,14H2,1-3H3,(H,24,25)/t15-,31?/m1/s1. The van der Waals surface area contributed by atoms with Gasteiger partial charge >= 0.3 is 0 Å². The van der Waals surface area contributed by atoms with Crippen LogP contribution in [-0.2, 0) is 19.2 Å². The summed E-state index contributed by atoms with van der Waals surface area (Å²) < 4.78 is 23.0. The summed E-state index contributed by atoms with van der Waals surface area (Å²) in [6.07, 6.45) is 8.08. The highest BCUT2D eigenvalue weighted by Gasteiger charge is 2.48. The lowest BCUT2D eigenvalue weighted by Crippen LogP contribution is -2.45. The predicted molar refractivity (Wildman–Crippen MR) is 123 cm³/mol. The van der Waals surface area contributed by atoms with E-state index in [-0.39, 0.29) is 6.04 Å². The fourth-order valence-corrected chi connectivity index (χ4v) is 6.55. The molecule has 1 saturated carbocycles. The van der Waals surface area contributed by atoms with E-state index in [1.54, 1.807) is 19.5 Å². The number of pyridine rings is 1. The minimum Gasteiger partial charge on any atom is -0.377 e. The van der Waals surface area contributed by atoms with E-state index in [0.29, 0.717) is 19.0 Å². The van der Waals surface area contributed by atoms with Gasteiger partial charge in [0.15, 0.2) is 5.82 Å². The Balaban J connectivity index is 1.74. The van der Waals surface area contributed by atoms with Crippen LogP contribution in [0.1, 0.15) is 31.9 Å². The lowest BCUT2D eigenvalue weighted by atomic mass is 9.81. The Hall–Kier alpha value is -2.52. The van der Waals surface area contributed by atoms with Crippen molar-refractivity contribution in [3.05, 3.63) is 36.3 Å². The van der Waals surface area contributed by atoms with Crippen LogP contribution in [0.15, 0.2) is 35.0 Å². The van der Waals surface area contributed by atoms with Crippen LogP contribution in [0.4, 0.5) is 5.82 Å². The number of nitrogens with one attached hydrogen (secondary N) is 1. The number of nitrogens with zero attached hydrogens (tertiary/aromatic N) is 5. The highest BCUT2D eigenvalue weighted by molar-refractivity contribution is 7.93. The molecule has 0 radical (unpaired) electrons. The Bertz CT molecular complexity index is 1240. The SMILES string of the molecule is CN=S(C)(=O)C1(c2cc(N3CCOC[C@H]3C)nc(-c3ccnc4[nH]ccc34)n2)CCC1. The largest absolute Gasteiger partial charge is 0.377 e. The smallest absolute Gasteiger partial charge is 0.162 e. The van der Waals surface area contributed by atoms with Crippen LogP contribution >= 0.6 is 0 Å². The van der Waals surface area contributed by atoms with Crippen molar-refractivity contribution in [2.75, 3.05) is 38.0 Å². The minimum atomic E-state index is -2.44. The molecule has 1 N–H and O–H groups in total. The molecule has 3 aromatic heterocycles. The van der Waals surface area contributed by atoms with E-state index >= 15 is 0 Å². The maximum atomic E-state index is 13.6. The number of fused-ring (bicyclic) bond motifs is 1. The molecule has 0 bridgehead atoms. The number of hydrogen-bond acceptors (Lipinski definition) is 7. The van der Waals surface area contributed by atoms with E-state index in [1.165, 1.54) is 0 Å². The first-order valence-electron chi connectivity index (χ1n) is 10.7. The molecule has 9 heteroatoms. The van der Waals surface area contributed by atoms with Gasteiger partial charge in [0.05, 0.1) is 39.4 Å². The lowest BCUT2D eigenvalue weighted by Gasteiger charge is -2.42. The van der Waals surface area contributed by atoms with Crippen molar-refractivity contribution in [1.29, 1.82) is 0 Å². The average molecular weight is 441 g/mol. The maximum absolute atomic E-state index is 13.6. The van der Waals surface area contributed by atoms with Gasteiger partial charge in [0.1, 0.15) is 11.5 Å². The third-order valence-corrected chi connectivity index (χ3v) is 9.54. The number of H-pyrrole nitrogens is 1. The summed E-state index contributed by atoms with van der Waals surface area (Å²) in [5.41, 5.74) is 2.55. The molecule has 8 nitrogen and oxygen atoms in total. The highest BCUT2D eigenvalue weighted by Crippen LogP contribution is 2.49. The first-order chi connectivity index (χ1) is 14.9. The zero-order valence-electron chi connectivity index (χ0n) is 18.2. The summed E-state index contributed by atoms with van der Waals surface area (Å²) in [6.45, 7) is 4.22. The van der Waals surface area contributed by atoms with E-state index in [2.05, 4.69) is 26.2 Å². The highest BCUT2D eigenvalue weighted by atomic mass is 32.2. The molecule has 2 aliphatic rings. The van der Waals surface area contributed by atoms with Crippen molar-refractivity contribution in [3.8, 4) is 11.4 Å². The normalized spacial score (nSPS) is 22.7. The van der Waals surface area contributed by atoms with E-state index < -0.39 is 14.5 Å². The molecule has 2 atom stereocenters. The third kappa shape index (κ3) is 3.22. The first kappa shape index (κ1) is 20.4. The van der Waals surface area contributed by atoms with Gasteiger partial charge in [-0.1, -0.05) is 0 Å². The van der Waals surface area contributed by atoms with Gasteiger partial charge in [0, 0.05) is 49.3 Å². The zero-order chi connectivity index (χ0) is 21.6. The van der Waals surface area contributed by atoms with Crippen molar-refractivity contribution < 1.29 is 8.95 Å². The number of hydrogen-bond donors (Lipinski definition) is 1. The number of anilines is 1. The Morgan fingerprint density at radius 3 is 2.87 bits per heavy atom. The van der Waals surface area contributed by atoms with Gasteiger partial charge in [-0.25, -0.2) is 23.5 Å². The van der Waals surface area contributed by atoms with Crippen molar-refractivity contribution in [1.82, 2.24) is 19.9 Å². The molecule has 1 unspecified atom stereocenters. The second kappa shape index (κ2) is 7.56. The molecule has 0 aromatic carbocycles. The van der Waals surface area contributed by atoms with Crippen LogP contribution in [0.25, 0.3) is 22.4 Å². The number of rotatable bonds is 4. The van der Waals surface area contributed by atoms with Crippen molar-refractivity contribution >= 4 is 26.6 Å². The summed E-state index contributed by atoms with van der Waals surface area (Å²) in [7, 11) is -0.790. The lowest BCUT2D eigenvalue weighted by molar-refractivity contribution is 0.0985. The monoisotopic (exact) mass is 440 g/mol. The van der Waals surface area contributed by atoms with Crippen molar-refractivity contribution in [2.24, 2.45) is 4.36 Å². The van der Waals surface area contributed by atoms with E-state index in [4.69, 9.17) is 14.7 Å². The Labute approximate surface area is 182 Å². The topological polar surface area (TPSA) is 96.4 Å². The molecule has 4 heterocycles. The fourth-order valence-electron chi connectivity index (χ4n) is 4.66. The molecule has 2 fully saturated rings. The number of ether oxygens (including phenoxy) is 1. The van der Waals surface area contributed by atoms with Crippen molar-refractivity contribution in [2.45, 2.75) is 37.0 Å². The summed E-state index contributed by atoms with van der Waals surface area (Å²) in [4.78, 5) is 19.8. The predicted octanol–water partition coefficient (Wildman–Crippen LogP) is 3.35. The fraction of sp³-hybridized carbons (Fsp3) is 0.500. The van der Waals surface area contributed by atoms with Gasteiger partial charge < -0.3 is 14.6 Å². The second-order valence-electron chi connectivity index (χ2n) is 8.48. The number of aromatic amines is 1. The summed E-state index contributed by atoms with van der Waals surface area (Å²) >= 11 is 0. The van der Waals surface area contributed by atoms with Gasteiger partial charge in [-0.2, -0.15) is 0 Å². The second-order valence-corrected chi connectivity index (χ2v) is 11.2. The average Bonchev–Trinajstić information content (AvgIpc) is 3.22. The van der Waals surface area contributed by atoms with Crippen LogP contribution in [-0.4, -0.2) is 63.2 Å². The molecule has 1 aliphatic heterocycles. The Morgan fingerprint density at radius 2 is 2.16 bits per heavy atom. The van der Waals surface area contributed by atoms with Crippen LogP contribution in [0.3, 0.4) is 0 Å². The van der Waals surface area contributed by atoms with Crippen LogP contribution < -0.4 is 4.90 Å². The number of morpholine rings is 1. The number of aromatic nitrogens is 4. The van der Waals surface area contributed by atoms with Gasteiger partial charge in [0.2, 0.25) is 0 Å². The maximum Gasteiger partial charge on any atom is 0.162 e. The van der Waals surface area contributed by atoms with Crippen molar-refractivity contribution in [3.63, 3.8) is 0 Å². The van der Waals surface area contributed by atoms with Gasteiger partial charge in [-0.3, -0.25) is 0 Å². The van der Waals surface area contributed by atoms with Crippen LogP contribution in [0, 0.1) is 0 Å². The quantitative estimate of drug-likeness (QED) is 0.668. The first-order valence-corrected chi connectivity index (χ1v) is 12.6. The molecule has 1 saturated heterocycles.